The number of halogens is 1. The van der Waals surface area contributed by atoms with Crippen molar-refractivity contribution in [2.45, 2.75) is 25.1 Å². The summed E-state index contributed by atoms with van der Waals surface area (Å²) in [5, 5.41) is 0. The van der Waals surface area contributed by atoms with E-state index in [1.165, 1.54) is 13.5 Å². The first kappa shape index (κ1) is 13.0. The molecular formula is C11H20BrNO2. The first-order valence-corrected chi connectivity index (χ1v) is 6.40. The number of rotatable bonds is 4. The highest BCUT2D eigenvalue weighted by Gasteiger charge is 2.27. The molecule has 1 heterocycles. The van der Waals surface area contributed by atoms with Crippen molar-refractivity contribution < 1.29 is 9.53 Å². The average Bonchev–Trinajstić information content (AvgIpc) is 2.65. The van der Waals surface area contributed by atoms with Gasteiger partial charge >= 0.3 is 5.97 Å². The summed E-state index contributed by atoms with van der Waals surface area (Å²) >= 11 is 3.35. The molecule has 3 nitrogen and oxygen atoms in total. The second-order valence-electron chi connectivity index (χ2n) is 4.54. The maximum absolute atomic E-state index is 11.2. The van der Waals surface area contributed by atoms with Gasteiger partial charge in [0.15, 0.2) is 0 Å². The summed E-state index contributed by atoms with van der Waals surface area (Å²) in [4.78, 5) is 13.4. The molecule has 0 aliphatic carbocycles. The van der Waals surface area contributed by atoms with Crippen LogP contribution in [0.3, 0.4) is 0 Å². The van der Waals surface area contributed by atoms with Gasteiger partial charge in [-0.15, -0.1) is 0 Å². The molecule has 0 aromatic rings. The minimum atomic E-state index is -0.187. The Morgan fingerprint density at radius 3 is 2.73 bits per heavy atom. The molecule has 2 atom stereocenters. The zero-order valence-electron chi connectivity index (χ0n) is 9.70. The van der Waals surface area contributed by atoms with Crippen molar-refractivity contribution in [3.63, 3.8) is 0 Å². The molecule has 0 aromatic carbocycles. The number of alkyl halides is 1. The van der Waals surface area contributed by atoms with Crippen molar-refractivity contribution in [2.75, 3.05) is 26.7 Å². The van der Waals surface area contributed by atoms with E-state index in [4.69, 9.17) is 0 Å². The first-order chi connectivity index (χ1) is 7.04. The summed E-state index contributed by atoms with van der Waals surface area (Å²) in [5.41, 5.74) is 0. The van der Waals surface area contributed by atoms with Crippen LogP contribution in [0.25, 0.3) is 0 Å². The van der Waals surface area contributed by atoms with Crippen molar-refractivity contribution >= 4 is 21.9 Å². The van der Waals surface area contributed by atoms with E-state index in [0.29, 0.717) is 0 Å². The zero-order chi connectivity index (χ0) is 11.4. The van der Waals surface area contributed by atoms with Crippen LogP contribution < -0.4 is 0 Å². The Labute approximate surface area is 100 Å². The number of carbonyl (C=O) groups is 1. The van der Waals surface area contributed by atoms with Gasteiger partial charge in [0.1, 0.15) is 4.83 Å². The summed E-state index contributed by atoms with van der Waals surface area (Å²) in [6, 6.07) is 0. The third kappa shape index (κ3) is 3.76. The fourth-order valence-corrected chi connectivity index (χ4v) is 2.60. The molecule has 1 aliphatic rings. The van der Waals surface area contributed by atoms with Crippen molar-refractivity contribution in [2.24, 2.45) is 11.8 Å². The molecule has 0 radical (unpaired) electrons. The predicted molar refractivity (Wildman–Crippen MR) is 64.1 cm³/mol. The number of ether oxygens (including phenoxy) is 1. The summed E-state index contributed by atoms with van der Waals surface area (Å²) < 4.78 is 4.68. The van der Waals surface area contributed by atoms with Crippen molar-refractivity contribution in [1.82, 2.24) is 4.90 Å². The molecule has 0 spiro atoms. The smallest absolute Gasteiger partial charge is 0.320 e. The van der Waals surface area contributed by atoms with Crippen LogP contribution in [0.4, 0.5) is 0 Å². The van der Waals surface area contributed by atoms with Gasteiger partial charge in [-0.1, -0.05) is 29.8 Å². The fraction of sp³-hybridized carbons (Fsp3) is 0.909. The van der Waals surface area contributed by atoms with E-state index in [0.717, 1.165) is 31.5 Å². The predicted octanol–water partition coefficient (Wildman–Crippen LogP) is 1.90. The number of methoxy groups -OCH3 is 1. The molecular weight excluding hydrogens is 258 g/mol. The molecule has 4 heteroatoms. The Kier molecular flexibility index (Phi) is 5.06. The fourth-order valence-electron chi connectivity index (χ4n) is 2.00. The molecule has 0 N–H and O–H groups in total. The van der Waals surface area contributed by atoms with E-state index in [1.54, 1.807) is 0 Å². The Morgan fingerprint density at radius 2 is 2.27 bits per heavy atom. The van der Waals surface area contributed by atoms with Crippen molar-refractivity contribution in [3.05, 3.63) is 0 Å². The molecule has 0 bridgehead atoms. The minimum absolute atomic E-state index is 0.178. The molecule has 1 rings (SSSR count). The van der Waals surface area contributed by atoms with Gasteiger partial charge in [-0.05, 0) is 24.8 Å². The van der Waals surface area contributed by atoms with Crippen LogP contribution in [0.2, 0.25) is 0 Å². The summed E-state index contributed by atoms with van der Waals surface area (Å²) in [5.74, 6) is 1.34. The van der Waals surface area contributed by atoms with E-state index < -0.39 is 0 Å². The summed E-state index contributed by atoms with van der Waals surface area (Å²) in [6.07, 6.45) is 1.25. The molecule has 1 fully saturated rings. The topological polar surface area (TPSA) is 29.5 Å². The van der Waals surface area contributed by atoms with Gasteiger partial charge in [-0.2, -0.15) is 0 Å². The SMILES string of the molecule is COC(=O)C(Br)CN1CCC(C(C)C)C1. The van der Waals surface area contributed by atoms with Crippen LogP contribution in [-0.2, 0) is 9.53 Å². The van der Waals surface area contributed by atoms with Crippen molar-refractivity contribution in [1.29, 1.82) is 0 Å². The molecule has 0 saturated carbocycles. The first-order valence-electron chi connectivity index (χ1n) is 5.48. The van der Waals surface area contributed by atoms with Crippen LogP contribution in [-0.4, -0.2) is 42.4 Å². The zero-order valence-corrected chi connectivity index (χ0v) is 11.3. The van der Waals surface area contributed by atoms with Gasteiger partial charge in [0.2, 0.25) is 0 Å². The third-order valence-electron chi connectivity index (χ3n) is 3.13. The Hall–Kier alpha value is -0.0900. The van der Waals surface area contributed by atoms with Gasteiger partial charge in [-0.3, -0.25) is 4.79 Å². The number of likely N-dealkylation sites (tertiary alicyclic amines) is 1. The normalized spacial score (nSPS) is 24.5. The molecule has 0 amide bonds. The van der Waals surface area contributed by atoms with E-state index in [2.05, 4.69) is 39.4 Å². The molecule has 0 aromatic heterocycles. The summed E-state index contributed by atoms with van der Waals surface area (Å²) in [7, 11) is 1.43. The Bertz CT molecular complexity index is 221. The van der Waals surface area contributed by atoms with Gasteiger partial charge in [0.25, 0.3) is 0 Å². The lowest BCUT2D eigenvalue weighted by atomic mass is 9.95. The highest BCUT2D eigenvalue weighted by molar-refractivity contribution is 9.10. The van der Waals surface area contributed by atoms with Crippen LogP contribution in [0.1, 0.15) is 20.3 Å². The maximum Gasteiger partial charge on any atom is 0.320 e. The second kappa shape index (κ2) is 5.85. The van der Waals surface area contributed by atoms with Crippen molar-refractivity contribution in [3.8, 4) is 0 Å². The lowest BCUT2D eigenvalue weighted by molar-refractivity contribution is -0.140. The molecule has 88 valence electrons. The van der Waals surface area contributed by atoms with E-state index >= 15 is 0 Å². The molecule has 2 unspecified atom stereocenters. The lowest BCUT2D eigenvalue weighted by Gasteiger charge is -2.19. The van der Waals surface area contributed by atoms with Crippen LogP contribution in [0.5, 0.6) is 0 Å². The van der Waals surface area contributed by atoms with Crippen LogP contribution in [0.15, 0.2) is 0 Å². The van der Waals surface area contributed by atoms with Gasteiger partial charge in [-0.25, -0.2) is 0 Å². The van der Waals surface area contributed by atoms with E-state index in [-0.39, 0.29) is 10.8 Å². The highest BCUT2D eigenvalue weighted by Crippen LogP contribution is 2.24. The number of carbonyl (C=O) groups excluding carboxylic acids is 1. The third-order valence-corrected chi connectivity index (χ3v) is 3.79. The Balaban J connectivity index is 2.32. The van der Waals surface area contributed by atoms with Gasteiger partial charge in [0.05, 0.1) is 7.11 Å². The second-order valence-corrected chi connectivity index (χ2v) is 5.65. The Morgan fingerprint density at radius 1 is 1.60 bits per heavy atom. The van der Waals surface area contributed by atoms with E-state index in [9.17, 15) is 4.79 Å². The quantitative estimate of drug-likeness (QED) is 0.581. The largest absolute Gasteiger partial charge is 0.468 e. The standard InChI is InChI=1S/C11H20BrNO2/c1-8(2)9-4-5-13(6-9)7-10(12)11(14)15-3/h8-10H,4-7H2,1-3H3. The minimum Gasteiger partial charge on any atom is -0.468 e. The molecule has 1 aliphatic heterocycles. The van der Waals surface area contributed by atoms with Gasteiger partial charge in [0, 0.05) is 13.1 Å². The number of nitrogens with zero attached hydrogens (tertiary/aromatic N) is 1. The van der Waals surface area contributed by atoms with E-state index in [1.807, 2.05) is 0 Å². The average molecular weight is 278 g/mol. The van der Waals surface area contributed by atoms with Gasteiger partial charge < -0.3 is 9.64 Å². The number of hydrogen-bond donors (Lipinski definition) is 0. The van der Waals surface area contributed by atoms with Crippen LogP contribution >= 0.6 is 15.9 Å². The number of esters is 1. The maximum atomic E-state index is 11.2. The highest BCUT2D eigenvalue weighted by atomic mass is 79.9. The van der Waals surface area contributed by atoms with Crippen LogP contribution in [0, 0.1) is 11.8 Å². The summed E-state index contributed by atoms with van der Waals surface area (Å²) in [6.45, 7) is 7.49. The molecule has 1 saturated heterocycles. The number of hydrogen-bond acceptors (Lipinski definition) is 3. The molecule has 15 heavy (non-hydrogen) atoms. The lowest BCUT2D eigenvalue weighted by Crippen LogP contribution is -2.33. The monoisotopic (exact) mass is 277 g/mol.